The molecule has 2 aromatic carbocycles. The van der Waals surface area contributed by atoms with Gasteiger partial charge in [-0.25, -0.2) is 0 Å². The summed E-state index contributed by atoms with van der Waals surface area (Å²) < 4.78 is 50.7. The molecule has 1 aliphatic rings. The van der Waals surface area contributed by atoms with Crippen molar-refractivity contribution in [3.8, 4) is 16.9 Å². The average molecular weight is 399 g/mol. The molecule has 0 radical (unpaired) electrons. The third-order valence-corrected chi connectivity index (χ3v) is 4.95. The Morgan fingerprint density at radius 2 is 1.90 bits per heavy atom. The van der Waals surface area contributed by atoms with E-state index in [1.165, 1.54) is 17.7 Å². The number of para-hydroxylation sites is 1. The predicted octanol–water partition coefficient (Wildman–Crippen LogP) is 5.92. The van der Waals surface area contributed by atoms with Crippen molar-refractivity contribution in [2.75, 3.05) is 13.1 Å². The fraction of sp³-hybridized carbons (Fsp3) is 0.217. The normalized spacial score (nSPS) is 14.5. The van der Waals surface area contributed by atoms with Crippen LogP contribution in [0.25, 0.3) is 16.7 Å². The molecule has 0 amide bonds. The molecule has 1 aliphatic heterocycles. The molecule has 4 rings (SSSR count). The van der Waals surface area contributed by atoms with Crippen molar-refractivity contribution in [1.29, 1.82) is 0 Å². The summed E-state index contributed by atoms with van der Waals surface area (Å²) >= 11 is 0. The second kappa shape index (κ2) is 8.17. The minimum Gasteiger partial charge on any atom is -0.488 e. The lowest BCUT2D eigenvalue weighted by Gasteiger charge is -2.19. The molecule has 3 nitrogen and oxygen atoms in total. The van der Waals surface area contributed by atoms with Crippen molar-refractivity contribution in [2.24, 2.45) is 0 Å². The van der Waals surface area contributed by atoms with Gasteiger partial charge >= 0.3 is 6.18 Å². The molecule has 6 heteroatoms. The Morgan fingerprint density at radius 1 is 1.03 bits per heavy atom. The highest BCUT2D eigenvalue weighted by molar-refractivity contribution is 5.73. The minimum absolute atomic E-state index is 0.0406. The van der Waals surface area contributed by atoms with Crippen LogP contribution in [0.4, 0.5) is 13.2 Å². The first-order valence-electron chi connectivity index (χ1n) is 9.37. The molecule has 0 aliphatic carbocycles. The zero-order chi connectivity index (χ0) is 20.3. The molecule has 3 aromatic rings. The lowest BCUT2D eigenvalue weighted by atomic mass is 9.93. The first-order chi connectivity index (χ1) is 14.0. The molecule has 0 unspecified atom stereocenters. The maximum absolute atomic E-state index is 13.3. The van der Waals surface area contributed by atoms with E-state index in [2.05, 4.69) is 11.4 Å². The average Bonchev–Trinajstić information content (AvgIpc) is 3.27. The van der Waals surface area contributed by atoms with Gasteiger partial charge in [0.25, 0.3) is 0 Å². The quantitative estimate of drug-likeness (QED) is 0.578. The van der Waals surface area contributed by atoms with Crippen molar-refractivity contribution in [1.82, 2.24) is 5.32 Å². The van der Waals surface area contributed by atoms with Gasteiger partial charge in [-0.3, -0.25) is 0 Å². The lowest BCUT2D eigenvalue weighted by molar-refractivity contribution is -0.139. The first-order valence-corrected chi connectivity index (χ1v) is 9.37. The number of ether oxygens (including phenoxy) is 1. The molecule has 0 saturated heterocycles. The zero-order valence-corrected chi connectivity index (χ0v) is 15.6. The van der Waals surface area contributed by atoms with Crippen LogP contribution in [-0.2, 0) is 12.8 Å². The predicted molar refractivity (Wildman–Crippen MR) is 105 cm³/mol. The summed E-state index contributed by atoms with van der Waals surface area (Å²) in [6.45, 7) is 1.68. The van der Waals surface area contributed by atoms with Crippen LogP contribution in [0.5, 0.6) is 5.75 Å². The number of benzene rings is 2. The number of hydrogen-bond donors (Lipinski definition) is 1. The van der Waals surface area contributed by atoms with Gasteiger partial charge in [-0.15, -0.1) is 0 Å². The molecule has 2 heterocycles. The largest absolute Gasteiger partial charge is 0.488 e. The Morgan fingerprint density at radius 3 is 2.62 bits per heavy atom. The van der Waals surface area contributed by atoms with Gasteiger partial charge in [0.1, 0.15) is 12.4 Å². The Balaban J connectivity index is 1.68. The molecular formula is C23H20F3NO2. The number of hydrogen-bond acceptors (Lipinski definition) is 3. The van der Waals surface area contributed by atoms with Gasteiger partial charge in [0.2, 0.25) is 0 Å². The number of rotatable bonds is 5. The van der Waals surface area contributed by atoms with Crippen LogP contribution in [0.1, 0.15) is 23.1 Å². The van der Waals surface area contributed by atoms with Gasteiger partial charge in [-0.1, -0.05) is 30.3 Å². The van der Waals surface area contributed by atoms with Crippen LogP contribution in [0.15, 0.2) is 71.6 Å². The topological polar surface area (TPSA) is 34.4 Å². The van der Waals surface area contributed by atoms with Gasteiger partial charge in [0.05, 0.1) is 18.1 Å². The molecule has 1 N–H and O–H groups in total. The lowest BCUT2D eigenvalue weighted by Crippen LogP contribution is -2.20. The SMILES string of the molecule is FC(F)(F)c1ccccc1OCc1cc(-c2ccoc2)ccc1C1=CCNCC1. The number of furan rings is 1. The number of halogens is 3. The molecule has 150 valence electrons. The molecule has 0 spiro atoms. The zero-order valence-electron chi connectivity index (χ0n) is 15.6. The summed E-state index contributed by atoms with van der Waals surface area (Å²) in [4.78, 5) is 0. The van der Waals surface area contributed by atoms with Crippen molar-refractivity contribution in [2.45, 2.75) is 19.2 Å². The summed E-state index contributed by atoms with van der Waals surface area (Å²) in [6.07, 6.45) is 1.74. The molecule has 1 aromatic heterocycles. The smallest absolute Gasteiger partial charge is 0.419 e. The van der Waals surface area contributed by atoms with E-state index in [1.54, 1.807) is 18.6 Å². The van der Waals surface area contributed by atoms with Crippen molar-refractivity contribution >= 4 is 5.57 Å². The Hall–Kier alpha value is -2.99. The highest BCUT2D eigenvalue weighted by atomic mass is 19.4. The highest BCUT2D eigenvalue weighted by Crippen LogP contribution is 2.37. The van der Waals surface area contributed by atoms with Crippen molar-refractivity contribution in [3.63, 3.8) is 0 Å². The Kier molecular flexibility index (Phi) is 5.45. The summed E-state index contributed by atoms with van der Waals surface area (Å²) in [7, 11) is 0. The van der Waals surface area contributed by atoms with E-state index < -0.39 is 11.7 Å². The van der Waals surface area contributed by atoms with Gasteiger partial charge in [-0.2, -0.15) is 13.2 Å². The standard InChI is InChI=1S/C23H20F3NO2/c24-23(25,26)21-3-1-2-4-22(21)29-15-19-13-17(18-9-12-28-14-18)5-6-20(19)16-7-10-27-11-8-16/h1-7,9,12-14,27H,8,10-11,15H2. The van der Waals surface area contributed by atoms with Gasteiger partial charge in [0.15, 0.2) is 0 Å². The van der Waals surface area contributed by atoms with Crippen molar-refractivity contribution in [3.05, 3.63) is 83.8 Å². The van der Waals surface area contributed by atoms with E-state index in [0.29, 0.717) is 0 Å². The van der Waals surface area contributed by atoms with Crippen LogP contribution < -0.4 is 10.1 Å². The van der Waals surface area contributed by atoms with Crippen LogP contribution in [0.3, 0.4) is 0 Å². The number of alkyl halides is 3. The van der Waals surface area contributed by atoms with E-state index in [9.17, 15) is 13.2 Å². The maximum Gasteiger partial charge on any atom is 0.419 e. The summed E-state index contributed by atoms with van der Waals surface area (Å²) in [5.41, 5.74) is 4.09. The Labute approximate surface area is 166 Å². The summed E-state index contributed by atoms with van der Waals surface area (Å²) in [5.74, 6) is -0.168. The monoisotopic (exact) mass is 399 g/mol. The molecule has 0 atom stereocenters. The number of nitrogens with one attached hydrogen (secondary N) is 1. The van der Waals surface area contributed by atoms with E-state index in [4.69, 9.17) is 9.15 Å². The summed E-state index contributed by atoms with van der Waals surface area (Å²) in [5, 5.41) is 3.27. The maximum atomic E-state index is 13.3. The molecule has 0 fully saturated rings. The highest BCUT2D eigenvalue weighted by Gasteiger charge is 2.34. The third kappa shape index (κ3) is 4.38. The van der Waals surface area contributed by atoms with Gasteiger partial charge in [0, 0.05) is 12.1 Å². The fourth-order valence-corrected chi connectivity index (χ4v) is 3.48. The van der Waals surface area contributed by atoms with Gasteiger partial charge in [-0.05, 0) is 59.5 Å². The van der Waals surface area contributed by atoms with Crippen LogP contribution >= 0.6 is 0 Å². The van der Waals surface area contributed by atoms with Crippen molar-refractivity contribution < 1.29 is 22.3 Å². The van der Waals surface area contributed by atoms with Gasteiger partial charge < -0.3 is 14.5 Å². The van der Waals surface area contributed by atoms with E-state index in [-0.39, 0.29) is 12.4 Å². The second-order valence-corrected chi connectivity index (χ2v) is 6.85. The Bertz CT molecular complexity index is 1010. The van der Waals surface area contributed by atoms with Crippen LogP contribution in [-0.4, -0.2) is 13.1 Å². The fourth-order valence-electron chi connectivity index (χ4n) is 3.48. The van der Waals surface area contributed by atoms with Crippen LogP contribution in [0, 0.1) is 0 Å². The first kappa shape index (κ1) is 19.3. The van der Waals surface area contributed by atoms with Crippen LogP contribution in [0.2, 0.25) is 0 Å². The summed E-state index contributed by atoms with van der Waals surface area (Å²) in [6, 6.07) is 13.1. The molecular weight excluding hydrogens is 379 g/mol. The van der Waals surface area contributed by atoms with E-state index in [0.717, 1.165) is 47.8 Å². The molecule has 0 saturated carbocycles. The molecule has 0 bridgehead atoms. The minimum atomic E-state index is -4.46. The second-order valence-electron chi connectivity index (χ2n) is 6.85. The van der Waals surface area contributed by atoms with E-state index in [1.807, 2.05) is 24.3 Å². The third-order valence-electron chi connectivity index (χ3n) is 4.95. The molecule has 29 heavy (non-hydrogen) atoms. The van der Waals surface area contributed by atoms with E-state index >= 15 is 0 Å².